The van der Waals surface area contributed by atoms with E-state index in [9.17, 15) is 19.5 Å². The largest absolute Gasteiger partial charge is 0.505 e. The molecule has 2 aromatic heterocycles. The van der Waals surface area contributed by atoms with Crippen LogP contribution in [0.25, 0.3) is 26.7 Å². The van der Waals surface area contributed by atoms with Gasteiger partial charge in [0.05, 0.1) is 33.7 Å². The lowest BCUT2D eigenvalue weighted by Gasteiger charge is -2.49. The number of aromatic nitrogens is 2. The third-order valence-corrected chi connectivity index (χ3v) is 13.7. The van der Waals surface area contributed by atoms with Crippen LogP contribution < -0.4 is 9.80 Å². The number of benzene rings is 3. The Labute approximate surface area is 318 Å². The number of phenolic OH excluding ortho intramolecular Hbond substituents is 1. The number of fused-ring (bicyclic) bond motifs is 5. The van der Waals surface area contributed by atoms with Crippen LogP contribution >= 0.6 is 22.9 Å². The molecule has 2 aliphatic carbocycles. The first-order valence-electron chi connectivity index (χ1n) is 17.7. The first-order chi connectivity index (χ1) is 25.8. The van der Waals surface area contributed by atoms with Gasteiger partial charge in [0.15, 0.2) is 11.6 Å². The van der Waals surface area contributed by atoms with Gasteiger partial charge in [0.25, 0.3) is 0 Å². The van der Waals surface area contributed by atoms with Crippen LogP contribution in [-0.4, -0.2) is 38.5 Å². The minimum atomic E-state index is -1.47. The molecule has 3 fully saturated rings. The molecular weight excluding hydrogens is 727 g/mol. The molecule has 5 aromatic rings. The number of hydrogen-bond donors (Lipinski definition) is 1. The predicted octanol–water partition coefficient (Wildman–Crippen LogP) is 8.19. The van der Waals surface area contributed by atoms with Crippen LogP contribution in [0.4, 0.5) is 15.9 Å². The van der Waals surface area contributed by atoms with Crippen LogP contribution in [0, 0.1) is 41.8 Å². The molecule has 4 heterocycles. The summed E-state index contributed by atoms with van der Waals surface area (Å²) in [6, 6.07) is 18.5. The number of imide groups is 2. The van der Waals surface area contributed by atoms with E-state index in [-0.39, 0.29) is 36.0 Å². The van der Waals surface area contributed by atoms with E-state index >= 15 is 9.18 Å². The maximum Gasteiger partial charge on any atom is 0.242 e. The van der Waals surface area contributed by atoms with E-state index in [0.29, 0.717) is 22.0 Å². The van der Waals surface area contributed by atoms with Gasteiger partial charge in [-0.3, -0.25) is 28.8 Å². The monoisotopic (exact) mass is 760 g/mol. The lowest BCUT2D eigenvalue weighted by Crippen LogP contribution is -2.49. The summed E-state index contributed by atoms with van der Waals surface area (Å²) >= 11 is 7.83. The van der Waals surface area contributed by atoms with Crippen LogP contribution in [-0.2, 0) is 26.2 Å². The first kappa shape index (κ1) is 34.4. The number of anilines is 2. The van der Waals surface area contributed by atoms with E-state index in [4.69, 9.17) is 16.7 Å². The number of amides is 4. The maximum atomic E-state index is 15.2. The number of carbonyl (C=O) groups excluding carboxylic acids is 4. The zero-order valence-electron chi connectivity index (χ0n) is 29.5. The number of rotatable bonds is 5. The highest BCUT2D eigenvalue weighted by Crippen LogP contribution is 2.64. The summed E-state index contributed by atoms with van der Waals surface area (Å²) in [5, 5.41) is 17.6. The molecule has 1 N–H and O–H groups in total. The van der Waals surface area contributed by atoms with Crippen molar-refractivity contribution in [3.05, 3.63) is 112 Å². The van der Waals surface area contributed by atoms with Gasteiger partial charge in [-0.1, -0.05) is 60.2 Å². The summed E-state index contributed by atoms with van der Waals surface area (Å²) in [5.41, 5.74) is 2.15. The molecule has 0 spiro atoms. The van der Waals surface area contributed by atoms with E-state index in [0.717, 1.165) is 37.1 Å². The zero-order chi connectivity index (χ0) is 38.0. The van der Waals surface area contributed by atoms with Gasteiger partial charge in [-0.25, -0.2) is 9.29 Å². The number of halogens is 2. The van der Waals surface area contributed by atoms with Crippen LogP contribution in [0.15, 0.2) is 85.0 Å². The Morgan fingerprint density at radius 2 is 1.76 bits per heavy atom. The van der Waals surface area contributed by atoms with Gasteiger partial charge < -0.3 is 5.11 Å². The molecule has 0 radical (unpaired) electrons. The van der Waals surface area contributed by atoms with Gasteiger partial charge >= 0.3 is 0 Å². The van der Waals surface area contributed by atoms with Crippen molar-refractivity contribution in [1.82, 2.24) is 9.78 Å². The fourth-order valence-corrected chi connectivity index (χ4v) is 10.9. The minimum Gasteiger partial charge on any atom is -0.505 e. The number of aromatic hydroxyl groups is 1. The van der Waals surface area contributed by atoms with Crippen molar-refractivity contribution in [2.45, 2.75) is 32.6 Å². The summed E-state index contributed by atoms with van der Waals surface area (Å²) in [7, 11) is 1.67. The van der Waals surface area contributed by atoms with Crippen molar-refractivity contribution in [1.29, 1.82) is 0 Å². The Balaban J connectivity index is 1.15. The standard InChI is InChI=1S/C42H34ClFN4O5S/c1-5-21-9-12-23(13-10-21)47-38(50)25-15-14-24-28(34(25)40(47)52)18-29-39(51)48(41(53)42(29,3)35(24)26-7-6-8-30(44)36(26)49)33-19-31(45-46(33)4)37-20(2)27-17-22(43)11-16-32(27)54-37/h5-14,16-17,19,25,28-29,34-35,49H,1,15,18H2,2-4H3. The quantitative estimate of drug-likeness (QED) is 0.143. The lowest BCUT2D eigenvalue weighted by molar-refractivity contribution is -0.131. The molecule has 4 amide bonds. The predicted molar refractivity (Wildman–Crippen MR) is 205 cm³/mol. The molecule has 6 unspecified atom stereocenters. The average Bonchev–Trinajstić information content (AvgIpc) is 3.83. The molecule has 1 saturated carbocycles. The fourth-order valence-electron chi connectivity index (χ4n) is 9.57. The number of thiophene rings is 1. The zero-order valence-corrected chi connectivity index (χ0v) is 31.1. The van der Waals surface area contributed by atoms with Gasteiger partial charge in [0.1, 0.15) is 11.5 Å². The average molecular weight is 761 g/mol. The molecule has 3 aromatic carbocycles. The summed E-state index contributed by atoms with van der Waals surface area (Å²) in [4.78, 5) is 61.4. The van der Waals surface area contributed by atoms with Gasteiger partial charge in [0, 0.05) is 34.3 Å². The number of nitrogens with zero attached hydrogens (tertiary/aromatic N) is 4. The molecule has 6 atom stereocenters. The van der Waals surface area contributed by atoms with E-state index in [1.165, 1.54) is 27.0 Å². The molecule has 9 rings (SSSR count). The highest BCUT2D eigenvalue weighted by Gasteiger charge is 2.68. The van der Waals surface area contributed by atoms with Gasteiger partial charge in [0.2, 0.25) is 23.6 Å². The second-order valence-corrected chi connectivity index (χ2v) is 16.3. The smallest absolute Gasteiger partial charge is 0.242 e. The summed E-state index contributed by atoms with van der Waals surface area (Å²) in [5.74, 6) is -6.99. The van der Waals surface area contributed by atoms with Crippen molar-refractivity contribution >= 4 is 74.2 Å². The van der Waals surface area contributed by atoms with Gasteiger partial charge in [-0.15, -0.1) is 11.3 Å². The highest BCUT2D eigenvalue weighted by molar-refractivity contribution is 7.22. The first-order valence-corrected chi connectivity index (χ1v) is 18.9. The van der Waals surface area contributed by atoms with Crippen molar-refractivity contribution in [3.8, 4) is 16.3 Å². The van der Waals surface area contributed by atoms with Crippen LogP contribution in [0.1, 0.15) is 42.4 Å². The second-order valence-electron chi connectivity index (χ2n) is 14.9. The topological polar surface area (TPSA) is 113 Å². The number of aryl methyl sites for hydroxylation is 2. The normalized spacial score (nSPS) is 26.3. The Hall–Kier alpha value is -5.39. The van der Waals surface area contributed by atoms with Crippen molar-refractivity contribution in [2.75, 3.05) is 9.80 Å². The molecule has 2 saturated heterocycles. The van der Waals surface area contributed by atoms with Crippen molar-refractivity contribution < 1.29 is 28.7 Å². The molecular formula is C42H34ClFN4O5S. The molecule has 272 valence electrons. The maximum absolute atomic E-state index is 15.2. The summed E-state index contributed by atoms with van der Waals surface area (Å²) < 4.78 is 17.7. The third kappa shape index (κ3) is 4.64. The van der Waals surface area contributed by atoms with E-state index in [1.54, 1.807) is 56.4 Å². The molecule has 2 aliphatic heterocycles. The molecule has 4 aliphatic rings. The summed E-state index contributed by atoms with van der Waals surface area (Å²) in [6.45, 7) is 7.45. The summed E-state index contributed by atoms with van der Waals surface area (Å²) in [6.07, 6.45) is 3.87. The third-order valence-electron chi connectivity index (χ3n) is 12.2. The number of para-hydroxylation sites is 1. The molecule has 12 heteroatoms. The van der Waals surface area contributed by atoms with Crippen molar-refractivity contribution in [3.63, 3.8) is 0 Å². The van der Waals surface area contributed by atoms with Crippen LogP contribution in [0.5, 0.6) is 5.75 Å². The van der Waals surface area contributed by atoms with Crippen molar-refractivity contribution in [2.24, 2.45) is 36.1 Å². The van der Waals surface area contributed by atoms with E-state index in [1.807, 2.05) is 31.2 Å². The van der Waals surface area contributed by atoms with Crippen LogP contribution in [0.2, 0.25) is 5.02 Å². The molecule has 54 heavy (non-hydrogen) atoms. The Morgan fingerprint density at radius 1 is 1.00 bits per heavy atom. The Bertz CT molecular complexity index is 2540. The number of carbonyl (C=O) groups is 4. The Morgan fingerprint density at radius 3 is 2.50 bits per heavy atom. The Kier molecular flexibility index (Phi) is 7.68. The van der Waals surface area contributed by atoms with Crippen LogP contribution in [0.3, 0.4) is 0 Å². The lowest BCUT2D eigenvalue weighted by atomic mass is 9.51. The SMILES string of the molecule is C=Cc1ccc(N2C(=O)C3CC=C4C(CC5C(=O)N(c6cc(-c7sc8ccc(Cl)cc8c7C)nn6C)C(=O)C5(C)C4c4cccc(F)c4O)C3C2=O)cc1. The van der Waals surface area contributed by atoms with E-state index in [2.05, 4.69) is 6.58 Å². The molecule has 9 nitrogen and oxygen atoms in total. The molecule has 0 bridgehead atoms. The fraction of sp³-hybridized carbons (Fsp3) is 0.262. The number of phenols is 1. The highest BCUT2D eigenvalue weighted by atomic mass is 35.5. The number of hydrogen-bond acceptors (Lipinski definition) is 7. The van der Waals surface area contributed by atoms with Gasteiger partial charge in [-0.2, -0.15) is 5.10 Å². The van der Waals surface area contributed by atoms with Gasteiger partial charge in [-0.05, 0) is 85.5 Å². The van der Waals surface area contributed by atoms with E-state index < -0.39 is 58.4 Å². The second kappa shape index (κ2) is 12.1. The number of allylic oxidation sites excluding steroid dienone is 2. The minimum absolute atomic E-state index is 0.111.